The van der Waals surface area contributed by atoms with Crippen LogP contribution in [0, 0.1) is 10.1 Å². The number of hydrogen-bond donors (Lipinski definition) is 0. The van der Waals surface area contributed by atoms with Gasteiger partial charge in [-0.3, -0.25) is 10.1 Å². The monoisotopic (exact) mass is 255 g/mol. The molecule has 8 nitrogen and oxygen atoms in total. The van der Waals surface area contributed by atoms with Crippen molar-refractivity contribution in [2.45, 2.75) is 25.5 Å². The molecule has 0 spiro atoms. The first-order valence-electron chi connectivity index (χ1n) is 5.57. The molecule has 8 heteroatoms. The number of esters is 1. The Kier molecular flexibility index (Phi) is 3.56. The van der Waals surface area contributed by atoms with Gasteiger partial charge in [0, 0.05) is 6.61 Å². The molecule has 1 aliphatic heterocycles. The van der Waals surface area contributed by atoms with E-state index in [0.29, 0.717) is 13.0 Å². The third-order valence-electron chi connectivity index (χ3n) is 2.78. The number of methoxy groups -OCH3 is 1. The second kappa shape index (κ2) is 5.13. The van der Waals surface area contributed by atoms with Crippen molar-refractivity contribution in [1.29, 1.82) is 0 Å². The molecule has 1 aliphatic rings. The zero-order chi connectivity index (χ0) is 13.1. The van der Waals surface area contributed by atoms with Crippen molar-refractivity contribution < 1.29 is 19.2 Å². The van der Waals surface area contributed by atoms with Crippen LogP contribution in [0.4, 0.5) is 5.69 Å². The third kappa shape index (κ3) is 2.19. The zero-order valence-corrected chi connectivity index (χ0v) is 9.87. The summed E-state index contributed by atoms with van der Waals surface area (Å²) >= 11 is 0. The van der Waals surface area contributed by atoms with Gasteiger partial charge in [-0.15, -0.1) is 0 Å². The number of hydrogen-bond acceptors (Lipinski definition) is 6. The smallest absolute Gasteiger partial charge is 0.363 e. The lowest BCUT2D eigenvalue weighted by atomic mass is 10.2. The molecule has 98 valence electrons. The van der Waals surface area contributed by atoms with E-state index in [4.69, 9.17) is 4.74 Å². The number of nitro groups is 1. The average Bonchev–Trinajstić information content (AvgIpc) is 2.83. The van der Waals surface area contributed by atoms with Gasteiger partial charge in [0.15, 0.2) is 6.23 Å². The highest BCUT2D eigenvalue weighted by molar-refractivity contribution is 5.91. The maximum atomic E-state index is 11.6. The van der Waals surface area contributed by atoms with Crippen LogP contribution in [0.5, 0.6) is 0 Å². The number of carbonyl (C=O) groups excluding carboxylic acids is 1. The van der Waals surface area contributed by atoms with Crippen LogP contribution in [0.3, 0.4) is 0 Å². The van der Waals surface area contributed by atoms with Gasteiger partial charge >= 0.3 is 11.7 Å². The van der Waals surface area contributed by atoms with Crippen molar-refractivity contribution in [3.05, 3.63) is 22.0 Å². The summed E-state index contributed by atoms with van der Waals surface area (Å²) in [5.41, 5.74) is -0.537. The first-order chi connectivity index (χ1) is 8.65. The lowest BCUT2D eigenvalue weighted by Crippen LogP contribution is -2.23. The van der Waals surface area contributed by atoms with Gasteiger partial charge in [0.25, 0.3) is 0 Å². The first-order valence-corrected chi connectivity index (χ1v) is 5.57. The summed E-state index contributed by atoms with van der Waals surface area (Å²) in [6.07, 6.45) is 3.14. The maximum absolute atomic E-state index is 11.6. The molecule has 1 fully saturated rings. The number of ether oxygens (including phenoxy) is 2. The van der Waals surface area contributed by atoms with Crippen molar-refractivity contribution >= 4 is 11.7 Å². The van der Waals surface area contributed by atoms with Gasteiger partial charge in [-0.25, -0.2) is 9.48 Å². The SMILES string of the molecule is COC(=O)c1c([N+](=O)[O-])cnn1C1CCCCO1. The highest BCUT2D eigenvalue weighted by Gasteiger charge is 2.31. The van der Waals surface area contributed by atoms with E-state index in [2.05, 4.69) is 9.84 Å². The maximum Gasteiger partial charge on any atom is 0.363 e. The third-order valence-corrected chi connectivity index (χ3v) is 2.78. The van der Waals surface area contributed by atoms with Crippen LogP contribution in [-0.4, -0.2) is 34.4 Å². The minimum atomic E-state index is -0.784. The summed E-state index contributed by atoms with van der Waals surface area (Å²) in [7, 11) is 1.17. The Bertz CT molecular complexity index is 464. The van der Waals surface area contributed by atoms with Crippen molar-refractivity contribution in [1.82, 2.24) is 9.78 Å². The standard InChI is InChI=1S/C10H13N3O5/c1-17-10(14)9-7(13(15)16)6-11-12(9)8-4-2-3-5-18-8/h6,8H,2-5H2,1H3. The Morgan fingerprint density at radius 3 is 3.00 bits per heavy atom. The van der Waals surface area contributed by atoms with E-state index in [1.54, 1.807) is 0 Å². The van der Waals surface area contributed by atoms with Crippen molar-refractivity contribution in [2.24, 2.45) is 0 Å². The van der Waals surface area contributed by atoms with Gasteiger partial charge in [-0.2, -0.15) is 5.10 Å². The van der Waals surface area contributed by atoms with Gasteiger partial charge in [-0.1, -0.05) is 0 Å². The molecule has 0 radical (unpaired) electrons. The molecule has 0 amide bonds. The molecule has 0 saturated carbocycles. The minimum absolute atomic E-state index is 0.172. The number of aromatic nitrogens is 2. The van der Waals surface area contributed by atoms with E-state index < -0.39 is 17.1 Å². The highest BCUT2D eigenvalue weighted by atomic mass is 16.6. The predicted octanol–water partition coefficient (Wildman–Crippen LogP) is 1.28. The van der Waals surface area contributed by atoms with Crippen LogP contribution in [0.25, 0.3) is 0 Å². The van der Waals surface area contributed by atoms with Gasteiger partial charge in [0.2, 0.25) is 5.69 Å². The second-order valence-corrected chi connectivity index (χ2v) is 3.89. The van der Waals surface area contributed by atoms with Crippen LogP contribution in [-0.2, 0) is 9.47 Å². The number of carbonyl (C=O) groups is 1. The van der Waals surface area contributed by atoms with Gasteiger partial charge in [0.1, 0.15) is 6.20 Å². The van der Waals surface area contributed by atoms with Crippen LogP contribution < -0.4 is 0 Å². The Morgan fingerprint density at radius 1 is 1.67 bits per heavy atom. The molecule has 0 N–H and O–H groups in total. The van der Waals surface area contributed by atoms with Crippen LogP contribution >= 0.6 is 0 Å². The molecular formula is C10H13N3O5. The molecule has 0 bridgehead atoms. The summed E-state index contributed by atoms with van der Waals surface area (Å²) in [5, 5.41) is 14.7. The van der Waals surface area contributed by atoms with Crippen LogP contribution in [0.2, 0.25) is 0 Å². The Balaban J connectivity index is 2.40. The van der Waals surface area contributed by atoms with Crippen molar-refractivity contribution in [3.8, 4) is 0 Å². The van der Waals surface area contributed by atoms with E-state index in [1.165, 1.54) is 11.8 Å². The van der Waals surface area contributed by atoms with E-state index in [1.807, 2.05) is 0 Å². The lowest BCUT2D eigenvalue weighted by molar-refractivity contribution is -0.385. The van der Waals surface area contributed by atoms with Crippen molar-refractivity contribution in [2.75, 3.05) is 13.7 Å². The van der Waals surface area contributed by atoms with Crippen LogP contribution in [0.1, 0.15) is 36.0 Å². The van der Waals surface area contributed by atoms with E-state index in [9.17, 15) is 14.9 Å². The molecule has 18 heavy (non-hydrogen) atoms. The summed E-state index contributed by atoms with van der Waals surface area (Å²) < 4.78 is 11.3. The summed E-state index contributed by atoms with van der Waals surface area (Å²) in [6.45, 7) is 0.555. The summed E-state index contributed by atoms with van der Waals surface area (Å²) in [4.78, 5) is 21.8. The first kappa shape index (κ1) is 12.5. The van der Waals surface area contributed by atoms with Gasteiger partial charge < -0.3 is 9.47 Å². The van der Waals surface area contributed by atoms with E-state index in [0.717, 1.165) is 19.0 Å². The number of rotatable bonds is 3. The Hall–Kier alpha value is -1.96. The fraction of sp³-hybridized carbons (Fsp3) is 0.600. The lowest BCUT2D eigenvalue weighted by Gasteiger charge is -2.23. The molecule has 1 aromatic heterocycles. The molecule has 0 aliphatic carbocycles. The van der Waals surface area contributed by atoms with E-state index >= 15 is 0 Å². The fourth-order valence-electron chi connectivity index (χ4n) is 1.92. The molecule has 2 rings (SSSR count). The highest BCUT2D eigenvalue weighted by Crippen LogP contribution is 2.27. The zero-order valence-electron chi connectivity index (χ0n) is 9.87. The average molecular weight is 255 g/mol. The Morgan fingerprint density at radius 2 is 2.44 bits per heavy atom. The molecule has 1 aromatic rings. The quantitative estimate of drug-likeness (QED) is 0.458. The molecule has 1 unspecified atom stereocenters. The van der Waals surface area contributed by atoms with E-state index in [-0.39, 0.29) is 11.4 Å². The molecule has 1 saturated heterocycles. The molecule has 0 aromatic carbocycles. The van der Waals surface area contributed by atoms with Crippen molar-refractivity contribution in [3.63, 3.8) is 0 Å². The van der Waals surface area contributed by atoms with Gasteiger partial charge in [-0.05, 0) is 19.3 Å². The Labute approximate surface area is 103 Å². The second-order valence-electron chi connectivity index (χ2n) is 3.89. The normalized spacial score (nSPS) is 19.5. The molecule has 1 atom stereocenters. The number of nitrogens with zero attached hydrogens (tertiary/aromatic N) is 3. The van der Waals surface area contributed by atoms with Gasteiger partial charge in [0.05, 0.1) is 12.0 Å². The predicted molar refractivity (Wildman–Crippen MR) is 59.1 cm³/mol. The molecule has 2 heterocycles. The summed E-state index contributed by atoms with van der Waals surface area (Å²) in [5.74, 6) is -0.784. The topological polar surface area (TPSA) is 96.5 Å². The van der Waals surface area contributed by atoms with Crippen LogP contribution in [0.15, 0.2) is 6.20 Å². The molecular weight excluding hydrogens is 242 g/mol. The minimum Gasteiger partial charge on any atom is -0.464 e. The largest absolute Gasteiger partial charge is 0.464 e. The fourth-order valence-corrected chi connectivity index (χ4v) is 1.92. The summed E-state index contributed by atoms with van der Waals surface area (Å²) in [6, 6.07) is 0.